The van der Waals surface area contributed by atoms with Crippen LogP contribution in [0.15, 0.2) is 54.7 Å². The molecule has 0 amide bonds. The highest BCUT2D eigenvalue weighted by Crippen LogP contribution is 2.28. The van der Waals surface area contributed by atoms with E-state index in [4.69, 9.17) is 15.1 Å². The molecule has 0 spiro atoms. The van der Waals surface area contributed by atoms with Crippen LogP contribution in [0.3, 0.4) is 0 Å². The van der Waals surface area contributed by atoms with Gasteiger partial charge in [0.05, 0.1) is 5.69 Å². The van der Waals surface area contributed by atoms with Crippen molar-refractivity contribution in [3.8, 4) is 28.6 Å². The lowest BCUT2D eigenvalue weighted by Crippen LogP contribution is -2.08. The van der Waals surface area contributed by atoms with E-state index in [0.29, 0.717) is 0 Å². The van der Waals surface area contributed by atoms with Crippen LogP contribution in [0.1, 0.15) is 36.7 Å². The molecule has 5 rings (SSSR count). The molecular formula is C24H25N5. The van der Waals surface area contributed by atoms with Gasteiger partial charge in [0.2, 0.25) is 0 Å². The Morgan fingerprint density at radius 2 is 1.79 bits per heavy atom. The Labute approximate surface area is 171 Å². The first-order chi connectivity index (χ1) is 14.2. The molecule has 0 bridgehead atoms. The number of benzene rings is 2. The third-order valence-corrected chi connectivity index (χ3v) is 5.66. The van der Waals surface area contributed by atoms with E-state index < -0.39 is 0 Å². The molecule has 146 valence electrons. The predicted octanol–water partition coefficient (Wildman–Crippen LogP) is 5.00. The van der Waals surface area contributed by atoms with Crippen LogP contribution in [0.25, 0.3) is 28.6 Å². The Morgan fingerprint density at radius 3 is 2.59 bits per heavy atom. The third-order valence-electron chi connectivity index (χ3n) is 5.66. The molecule has 4 aromatic rings. The van der Waals surface area contributed by atoms with Crippen molar-refractivity contribution < 1.29 is 0 Å². The maximum Gasteiger partial charge on any atom is 0.183 e. The highest BCUT2D eigenvalue weighted by molar-refractivity contribution is 5.62. The Hall–Kier alpha value is -3.21. The molecule has 5 heteroatoms. The molecule has 29 heavy (non-hydrogen) atoms. The van der Waals surface area contributed by atoms with E-state index in [-0.39, 0.29) is 0 Å². The number of hydrogen-bond donors (Lipinski definition) is 0. The lowest BCUT2D eigenvalue weighted by atomic mass is 10.1. The van der Waals surface area contributed by atoms with Crippen LogP contribution in [0.4, 0.5) is 0 Å². The van der Waals surface area contributed by atoms with E-state index >= 15 is 0 Å². The molecule has 2 aromatic heterocycles. The van der Waals surface area contributed by atoms with Crippen molar-refractivity contribution in [1.82, 2.24) is 24.3 Å². The summed E-state index contributed by atoms with van der Waals surface area (Å²) in [6, 6.07) is 16.8. The minimum Gasteiger partial charge on any atom is -0.334 e. The number of hydrogen-bond acceptors (Lipinski definition) is 3. The van der Waals surface area contributed by atoms with Gasteiger partial charge in [0.1, 0.15) is 11.5 Å². The first-order valence-corrected chi connectivity index (χ1v) is 10.4. The quantitative estimate of drug-likeness (QED) is 0.498. The maximum atomic E-state index is 4.95. The number of aryl methyl sites for hydroxylation is 4. The molecule has 0 saturated carbocycles. The van der Waals surface area contributed by atoms with Gasteiger partial charge in [-0.05, 0) is 37.8 Å². The zero-order chi connectivity index (χ0) is 19.8. The average Bonchev–Trinajstić information content (AvgIpc) is 3.38. The summed E-state index contributed by atoms with van der Waals surface area (Å²) in [6.45, 7) is 5.30. The molecule has 5 nitrogen and oxygen atoms in total. The molecule has 0 radical (unpaired) electrons. The van der Waals surface area contributed by atoms with Gasteiger partial charge in [0, 0.05) is 24.7 Å². The Kier molecular flexibility index (Phi) is 4.51. The molecule has 1 aliphatic heterocycles. The van der Waals surface area contributed by atoms with Crippen LogP contribution in [0.5, 0.6) is 0 Å². The minimum absolute atomic E-state index is 0.733. The van der Waals surface area contributed by atoms with Crippen LogP contribution >= 0.6 is 0 Å². The van der Waals surface area contributed by atoms with Crippen LogP contribution in [0, 0.1) is 6.92 Å². The summed E-state index contributed by atoms with van der Waals surface area (Å²) in [5.74, 6) is 2.70. The lowest BCUT2D eigenvalue weighted by molar-refractivity contribution is 0.522. The third kappa shape index (κ3) is 3.27. The highest BCUT2D eigenvalue weighted by Gasteiger charge is 2.21. The van der Waals surface area contributed by atoms with Gasteiger partial charge in [-0.2, -0.15) is 0 Å². The van der Waals surface area contributed by atoms with Crippen molar-refractivity contribution in [3.63, 3.8) is 0 Å². The molecule has 2 aromatic carbocycles. The summed E-state index contributed by atoms with van der Waals surface area (Å²) < 4.78 is 4.25. The number of rotatable bonds is 4. The SMILES string of the molecule is CCc1ccccc1-n1nc(-c2ccc(C)cc2)nc1-c1cn2c(n1)CCCC2. The molecule has 0 aliphatic carbocycles. The topological polar surface area (TPSA) is 48.5 Å². The van der Waals surface area contributed by atoms with Crippen molar-refractivity contribution in [1.29, 1.82) is 0 Å². The zero-order valence-corrected chi connectivity index (χ0v) is 17.0. The van der Waals surface area contributed by atoms with Gasteiger partial charge in [-0.3, -0.25) is 0 Å². The van der Waals surface area contributed by atoms with Crippen molar-refractivity contribution in [2.45, 2.75) is 46.1 Å². The number of para-hydroxylation sites is 1. The second kappa shape index (κ2) is 7.32. The molecule has 0 atom stereocenters. The zero-order valence-electron chi connectivity index (χ0n) is 17.0. The van der Waals surface area contributed by atoms with Gasteiger partial charge in [0.15, 0.2) is 11.6 Å². The summed E-state index contributed by atoms with van der Waals surface area (Å²) >= 11 is 0. The predicted molar refractivity (Wildman–Crippen MR) is 115 cm³/mol. The summed E-state index contributed by atoms with van der Waals surface area (Å²) in [4.78, 5) is 9.88. The normalized spacial score (nSPS) is 13.4. The fraction of sp³-hybridized carbons (Fsp3) is 0.292. The van der Waals surface area contributed by atoms with Crippen LogP contribution in [-0.2, 0) is 19.4 Å². The van der Waals surface area contributed by atoms with E-state index in [9.17, 15) is 0 Å². The smallest absolute Gasteiger partial charge is 0.183 e. The number of nitrogens with zero attached hydrogens (tertiary/aromatic N) is 5. The molecule has 0 unspecified atom stereocenters. The minimum atomic E-state index is 0.733. The number of imidazole rings is 1. The summed E-state index contributed by atoms with van der Waals surface area (Å²) in [7, 11) is 0. The van der Waals surface area contributed by atoms with Gasteiger partial charge < -0.3 is 4.57 Å². The number of aromatic nitrogens is 5. The van der Waals surface area contributed by atoms with E-state index in [1.54, 1.807) is 0 Å². The molecule has 0 fully saturated rings. The fourth-order valence-electron chi connectivity index (χ4n) is 4.01. The maximum absolute atomic E-state index is 4.95. The van der Waals surface area contributed by atoms with E-state index in [1.807, 2.05) is 4.68 Å². The average molecular weight is 383 g/mol. The van der Waals surface area contributed by atoms with Gasteiger partial charge in [-0.15, -0.1) is 5.10 Å². The molecule has 1 aliphatic rings. The van der Waals surface area contributed by atoms with Crippen molar-refractivity contribution >= 4 is 0 Å². The Bertz CT molecular complexity index is 1130. The van der Waals surface area contributed by atoms with E-state index in [0.717, 1.165) is 53.8 Å². The molecule has 3 heterocycles. The summed E-state index contributed by atoms with van der Waals surface area (Å²) in [5, 5.41) is 4.93. The second-order valence-electron chi connectivity index (χ2n) is 7.71. The largest absolute Gasteiger partial charge is 0.334 e. The van der Waals surface area contributed by atoms with Crippen LogP contribution < -0.4 is 0 Å². The van der Waals surface area contributed by atoms with Gasteiger partial charge >= 0.3 is 0 Å². The van der Waals surface area contributed by atoms with Crippen molar-refractivity contribution in [2.75, 3.05) is 0 Å². The first kappa shape index (κ1) is 17.9. The van der Waals surface area contributed by atoms with Gasteiger partial charge in [0.25, 0.3) is 0 Å². The standard InChI is InChI=1S/C24H25N5/c1-3-18-8-4-5-9-21(18)29-24(20-16-28-15-7-6-10-22(28)25-20)26-23(27-29)19-13-11-17(2)12-14-19/h4-5,8-9,11-14,16H,3,6-7,10,15H2,1-2H3. The monoisotopic (exact) mass is 383 g/mol. The van der Waals surface area contributed by atoms with Crippen LogP contribution in [-0.4, -0.2) is 24.3 Å². The number of fused-ring (bicyclic) bond motifs is 1. The Morgan fingerprint density at radius 1 is 0.966 bits per heavy atom. The van der Waals surface area contributed by atoms with Crippen molar-refractivity contribution in [2.24, 2.45) is 0 Å². The van der Waals surface area contributed by atoms with E-state index in [1.165, 1.54) is 24.0 Å². The molecule has 0 N–H and O–H groups in total. The van der Waals surface area contributed by atoms with Gasteiger partial charge in [-0.1, -0.05) is 55.0 Å². The first-order valence-electron chi connectivity index (χ1n) is 10.4. The van der Waals surface area contributed by atoms with Crippen molar-refractivity contribution in [3.05, 3.63) is 71.7 Å². The molecule has 0 saturated heterocycles. The fourth-order valence-corrected chi connectivity index (χ4v) is 4.01. The Balaban J connectivity index is 1.69. The molecular weight excluding hydrogens is 358 g/mol. The van der Waals surface area contributed by atoms with Gasteiger partial charge in [-0.25, -0.2) is 14.6 Å². The summed E-state index contributed by atoms with van der Waals surface area (Å²) in [6.07, 6.45) is 6.53. The van der Waals surface area contributed by atoms with E-state index in [2.05, 4.69) is 73.1 Å². The highest BCUT2D eigenvalue weighted by atomic mass is 15.4. The van der Waals surface area contributed by atoms with Crippen LogP contribution in [0.2, 0.25) is 0 Å². The lowest BCUT2D eigenvalue weighted by Gasteiger charge is -2.11. The second-order valence-corrected chi connectivity index (χ2v) is 7.71. The summed E-state index contributed by atoms with van der Waals surface area (Å²) in [5.41, 5.74) is 5.47.